The van der Waals surface area contributed by atoms with E-state index in [1.165, 1.54) is 18.3 Å². The summed E-state index contributed by atoms with van der Waals surface area (Å²) < 4.78 is 41.1. The van der Waals surface area contributed by atoms with Gasteiger partial charge in [-0.1, -0.05) is 6.92 Å². The SMILES string of the molecule is CCCS/N=C(/c1ccc[nH]1)C(F)(F)F. The molecular weight excluding hydrogens is 225 g/mol. The lowest BCUT2D eigenvalue weighted by molar-refractivity contribution is -0.0579. The van der Waals surface area contributed by atoms with Crippen LogP contribution in [0.25, 0.3) is 0 Å². The number of rotatable bonds is 4. The molecule has 1 aromatic heterocycles. The van der Waals surface area contributed by atoms with Crippen LogP contribution in [-0.2, 0) is 0 Å². The van der Waals surface area contributed by atoms with E-state index in [9.17, 15) is 13.2 Å². The van der Waals surface area contributed by atoms with Gasteiger partial charge in [-0.3, -0.25) is 0 Å². The molecule has 6 heteroatoms. The minimum Gasteiger partial charge on any atom is -0.360 e. The minimum absolute atomic E-state index is 0.00565. The quantitative estimate of drug-likeness (QED) is 0.484. The molecule has 1 aromatic rings. The van der Waals surface area contributed by atoms with E-state index < -0.39 is 11.9 Å². The largest absolute Gasteiger partial charge is 0.436 e. The van der Waals surface area contributed by atoms with Gasteiger partial charge in [-0.15, -0.1) is 0 Å². The summed E-state index contributed by atoms with van der Waals surface area (Å²) in [5, 5.41) is 0. The number of H-pyrrole nitrogens is 1. The van der Waals surface area contributed by atoms with Gasteiger partial charge in [0.15, 0.2) is 5.71 Å². The lowest BCUT2D eigenvalue weighted by Gasteiger charge is -2.08. The Kier molecular flexibility index (Phi) is 4.26. The average molecular weight is 236 g/mol. The van der Waals surface area contributed by atoms with Gasteiger partial charge in [-0.25, -0.2) is 4.40 Å². The molecule has 0 unspecified atom stereocenters. The van der Waals surface area contributed by atoms with Crippen molar-refractivity contribution in [2.75, 3.05) is 5.75 Å². The van der Waals surface area contributed by atoms with Crippen LogP contribution < -0.4 is 0 Å². The Morgan fingerprint density at radius 2 is 2.27 bits per heavy atom. The van der Waals surface area contributed by atoms with Crippen LogP contribution in [0.3, 0.4) is 0 Å². The monoisotopic (exact) mass is 236 g/mol. The Bertz CT molecular complexity index is 317. The van der Waals surface area contributed by atoms with E-state index in [-0.39, 0.29) is 5.69 Å². The minimum atomic E-state index is -4.41. The van der Waals surface area contributed by atoms with Gasteiger partial charge in [-0.05, 0) is 30.5 Å². The fraction of sp³-hybridized carbons (Fsp3) is 0.444. The summed E-state index contributed by atoms with van der Waals surface area (Å²) in [4.78, 5) is 2.51. The maximum atomic E-state index is 12.5. The predicted octanol–water partition coefficient (Wildman–Crippen LogP) is 3.42. The first-order valence-corrected chi connectivity index (χ1v) is 5.41. The number of nitrogens with zero attached hydrogens (tertiary/aromatic N) is 1. The molecule has 84 valence electrons. The van der Waals surface area contributed by atoms with Crippen molar-refractivity contribution >= 4 is 17.7 Å². The second-order valence-corrected chi connectivity index (χ2v) is 3.70. The summed E-state index contributed by atoms with van der Waals surface area (Å²) >= 11 is 0.934. The van der Waals surface area contributed by atoms with E-state index >= 15 is 0 Å². The highest BCUT2D eigenvalue weighted by atomic mass is 32.2. The van der Waals surface area contributed by atoms with Crippen LogP contribution in [0, 0.1) is 0 Å². The van der Waals surface area contributed by atoms with Crippen molar-refractivity contribution in [3.8, 4) is 0 Å². The molecular formula is C9H11F3N2S. The Morgan fingerprint density at radius 3 is 2.73 bits per heavy atom. The van der Waals surface area contributed by atoms with E-state index in [1.807, 2.05) is 6.92 Å². The van der Waals surface area contributed by atoms with Gasteiger partial charge in [0, 0.05) is 11.9 Å². The van der Waals surface area contributed by atoms with Crippen LogP contribution in [0.2, 0.25) is 0 Å². The van der Waals surface area contributed by atoms with E-state index in [0.29, 0.717) is 5.75 Å². The summed E-state index contributed by atoms with van der Waals surface area (Å²) in [5.41, 5.74) is -0.850. The molecule has 0 saturated heterocycles. The fourth-order valence-electron chi connectivity index (χ4n) is 0.933. The predicted molar refractivity (Wildman–Crippen MR) is 56.1 cm³/mol. The maximum Gasteiger partial charge on any atom is 0.436 e. The number of hydrogen-bond acceptors (Lipinski definition) is 2. The van der Waals surface area contributed by atoms with Gasteiger partial charge in [0.05, 0.1) is 5.69 Å². The number of alkyl halides is 3. The summed E-state index contributed by atoms with van der Waals surface area (Å²) in [6.45, 7) is 1.89. The summed E-state index contributed by atoms with van der Waals surface area (Å²) in [7, 11) is 0. The molecule has 1 rings (SSSR count). The smallest absolute Gasteiger partial charge is 0.360 e. The van der Waals surface area contributed by atoms with Crippen LogP contribution in [0.1, 0.15) is 19.0 Å². The number of hydrogen-bond donors (Lipinski definition) is 1. The third-order valence-electron chi connectivity index (χ3n) is 1.57. The van der Waals surface area contributed by atoms with Crippen molar-refractivity contribution in [2.45, 2.75) is 19.5 Å². The van der Waals surface area contributed by atoms with Crippen molar-refractivity contribution < 1.29 is 13.2 Å². The van der Waals surface area contributed by atoms with Crippen molar-refractivity contribution in [3.63, 3.8) is 0 Å². The molecule has 15 heavy (non-hydrogen) atoms. The van der Waals surface area contributed by atoms with Crippen LogP contribution in [0.4, 0.5) is 13.2 Å². The van der Waals surface area contributed by atoms with Crippen molar-refractivity contribution in [1.82, 2.24) is 4.98 Å². The van der Waals surface area contributed by atoms with Gasteiger partial charge in [-0.2, -0.15) is 13.2 Å². The number of nitrogens with one attached hydrogen (secondary N) is 1. The second kappa shape index (κ2) is 5.25. The molecule has 0 aliphatic heterocycles. The maximum absolute atomic E-state index is 12.5. The molecule has 0 radical (unpaired) electrons. The van der Waals surface area contributed by atoms with Crippen molar-refractivity contribution in [3.05, 3.63) is 24.0 Å². The average Bonchev–Trinajstić information content (AvgIpc) is 2.63. The standard InChI is InChI=1S/C9H11F3N2S/c1-2-6-15-14-8(9(10,11)12)7-4-3-5-13-7/h3-5,13H,2,6H2,1H3/b14-8-. The van der Waals surface area contributed by atoms with E-state index in [0.717, 1.165) is 18.4 Å². The topological polar surface area (TPSA) is 28.1 Å². The molecule has 0 bridgehead atoms. The first-order chi connectivity index (χ1) is 7.05. The molecule has 0 aliphatic rings. The Balaban J connectivity index is 2.84. The first-order valence-electron chi connectivity index (χ1n) is 4.46. The van der Waals surface area contributed by atoms with E-state index in [1.54, 1.807) is 0 Å². The van der Waals surface area contributed by atoms with Crippen molar-refractivity contribution in [2.24, 2.45) is 4.40 Å². The molecule has 0 amide bonds. The molecule has 0 spiro atoms. The summed E-state index contributed by atoms with van der Waals surface area (Å²) in [5.74, 6) is 0.584. The highest BCUT2D eigenvalue weighted by molar-refractivity contribution is 7.98. The van der Waals surface area contributed by atoms with E-state index in [2.05, 4.69) is 9.38 Å². The highest BCUT2D eigenvalue weighted by Gasteiger charge is 2.37. The molecule has 1 N–H and O–H groups in total. The van der Waals surface area contributed by atoms with Crippen LogP contribution in [0.15, 0.2) is 22.7 Å². The third-order valence-corrected chi connectivity index (χ3v) is 2.48. The van der Waals surface area contributed by atoms with Gasteiger partial charge < -0.3 is 4.98 Å². The van der Waals surface area contributed by atoms with Gasteiger partial charge in [0.25, 0.3) is 0 Å². The molecule has 2 nitrogen and oxygen atoms in total. The number of aromatic amines is 1. The van der Waals surface area contributed by atoms with Gasteiger partial charge in [0.2, 0.25) is 0 Å². The lowest BCUT2D eigenvalue weighted by atomic mass is 10.3. The molecule has 0 aromatic carbocycles. The Labute approximate surface area is 90.1 Å². The zero-order valence-corrected chi connectivity index (χ0v) is 8.95. The summed E-state index contributed by atoms with van der Waals surface area (Å²) in [6, 6.07) is 2.87. The fourth-order valence-corrected chi connectivity index (χ4v) is 1.54. The molecule has 0 fully saturated rings. The Hall–Kier alpha value is -0.910. The van der Waals surface area contributed by atoms with Gasteiger partial charge in [0.1, 0.15) is 0 Å². The first kappa shape index (κ1) is 12.2. The summed E-state index contributed by atoms with van der Waals surface area (Å²) in [6.07, 6.45) is -2.17. The normalized spacial score (nSPS) is 13.2. The van der Waals surface area contributed by atoms with Crippen LogP contribution in [0.5, 0.6) is 0 Å². The van der Waals surface area contributed by atoms with Crippen molar-refractivity contribution in [1.29, 1.82) is 0 Å². The number of halogens is 3. The zero-order chi connectivity index (χ0) is 11.3. The molecule has 1 heterocycles. The third kappa shape index (κ3) is 3.62. The zero-order valence-electron chi connectivity index (χ0n) is 8.14. The van der Waals surface area contributed by atoms with Gasteiger partial charge >= 0.3 is 6.18 Å². The Morgan fingerprint density at radius 1 is 1.53 bits per heavy atom. The van der Waals surface area contributed by atoms with Crippen LogP contribution in [-0.4, -0.2) is 22.6 Å². The molecule has 0 atom stereocenters. The second-order valence-electron chi connectivity index (χ2n) is 2.85. The molecule has 0 saturated carbocycles. The number of aromatic nitrogens is 1. The highest BCUT2D eigenvalue weighted by Crippen LogP contribution is 2.24. The van der Waals surface area contributed by atoms with Crippen LogP contribution >= 0.6 is 11.9 Å². The molecule has 0 aliphatic carbocycles. The van der Waals surface area contributed by atoms with E-state index in [4.69, 9.17) is 0 Å². The lowest BCUT2D eigenvalue weighted by Crippen LogP contribution is -2.24.